The Balaban J connectivity index is 2.10. The van der Waals surface area contributed by atoms with Crippen LogP contribution < -0.4 is 5.32 Å². The van der Waals surface area contributed by atoms with Gasteiger partial charge in [0, 0.05) is 18.9 Å². The van der Waals surface area contributed by atoms with Crippen molar-refractivity contribution in [1.82, 2.24) is 9.78 Å². The Morgan fingerprint density at radius 1 is 1.27 bits per heavy atom. The van der Waals surface area contributed by atoms with E-state index >= 15 is 0 Å². The number of anilines is 1. The van der Waals surface area contributed by atoms with E-state index in [-0.39, 0.29) is 5.91 Å². The Labute approximate surface area is 154 Å². The van der Waals surface area contributed by atoms with E-state index < -0.39 is 6.10 Å². The van der Waals surface area contributed by atoms with Gasteiger partial charge in [-0.2, -0.15) is 5.10 Å². The Hall–Kier alpha value is -2.86. The van der Waals surface area contributed by atoms with Crippen molar-refractivity contribution in [2.45, 2.75) is 26.5 Å². The molecule has 1 N–H and O–H groups in total. The molecule has 0 aliphatic heterocycles. The first-order valence-electron chi connectivity index (χ1n) is 8.27. The van der Waals surface area contributed by atoms with Crippen molar-refractivity contribution in [3.8, 4) is 0 Å². The van der Waals surface area contributed by atoms with Gasteiger partial charge in [-0.1, -0.05) is 36.9 Å². The number of nitrogens with zero attached hydrogens (tertiary/aromatic N) is 2. The molecule has 0 aliphatic carbocycles. The quantitative estimate of drug-likeness (QED) is 0.579. The fraction of sp³-hybridized carbons (Fsp3) is 0.300. The van der Waals surface area contributed by atoms with Crippen molar-refractivity contribution < 1.29 is 14.3 Å². The minimum Gasteiger partial charge on any atom is -0.501 e. The normalized spacial score (nSPS) is 12.9. The Morgan fingerprint density at radius 3 is 2.54 bits per heavy atom. The maximum absolute atomic E-state index is 12.5. The largest absolute Gasteiger partial charge is 0.501 e. The SMILES string of the molecule is C=C(C)C(Cn1cc(NC(=O)C(OC)c2ccccc2)cn1)=C(C)OC. The summed E-state index contributed by atoms with van der Waals surface area (Å²) in [6.45, 7) is 8.30. The van der Waals surface area contributed by atoms with Crippen LogP contribution in [-0.4, -0.2) is 29.9 Å². The highest BCUT2D eigenvalue weighted by molar-refractivity contribution is 5.94. The fourth-order valence-corrected chi connectivity index (χ4v) is 2.58. The molecule has 6 heteroatoms. The number of aromatic nitrogens is 2. The third-order valence-corrected chi connectivity index (χ3v) is 4.04. The minimum absolute atomic E-state index is 0.248. The number of ether oxygens (including phenoxy) is 2. The Bertz CT molecular complexity index is 794. The Morgan fingerprint density at radius 2 is 1.96 bits per heavy atom. The zero-order valence-corrected chi connectivity index (χ0v) is 15.7. The van der Waals surface area contributed by atoms with Crippen LogP contribution in [0, 0.1) is 0 Å². The van der Waals surface area contributed by atoms with Crippen LogP contribution >= 0.6 is 0 Å². The lowest BCUT2D eigenvalue weighted by molar-refractivity contribution is -0.126. The summed E-state index contributed by atoms with van der Waals surface area (Å²) in [7, 11) is 3.14. The van der Waals surface area contributed by atoms with Crippen LogP contribution in [-0.2, 0) is 20.8 Å². The van der Waals surface area contributed by atoms with Gasteiger partial charge in [0.1, 0.15) is 0 Å². The second kappa shape index (κ2) is 9.01. The molecule has 0 fully saturated rings. The molecule has 0 aliphatic rings. The van der Waals surface area contributed by atoms with Crippen molar-refractivity contribution in [1.29, 1.82) is 0 Å². The third-order valence-electron chi connectivity index (χ3n) is 4.04. The van der Waals surface area contributed by atoms with Crippen LogP contribution in [0.3, 0.4) is 0 Å². The first kappa shape index (κ1) is 19.5. The second-order valence-corrected chi connectivity index (χ2v) is 5.96. The van der Waals surface area contributed by atoms with E-state index in [0.717, 1.165) is 22.5 Å². The number of benzene rings is 1. The van der Waals surface area contributed by atoms with Gasteiger partial charge in [-0.3, -0.25) is 9.48 Å². The van der Waals surface area contributed by atoms with Gasteiger partial charge in [-0.25, -0.2) is 0 Å². The van der Waals surface area contributed by atoms with Crippen molar-refractivity contribution in [2.75, 3.05) is 19.5 Å². The zero-order valence-electron chi connectivity index (χ0n) is 15.7. The average Bonchev–Trinajstić information content (AvgIpc) is 3.07. The van der Waals surface area contributed by atoms with Gasteiger partial charge in [-0.15, -0.1) is 0 Å². The zero-order chi connectivity index (χ0) is 19.1. The predicted octanol–water partition coefficient (Wildman–Crippen LogP) is 3.71. The molecule has 2 rings (SSSR count). The molecule has 2 aromatic rings. The van der Waals surface area contributed by atoms with Gasteiger partial charge in [0.2, 0.25) is 0 Å². The van der Waals surface area contributed by atoms with Crippen LogP contribution in [0.5, 0.6) is 0 Å². The molecule has 0 bridgehead atoms. The summed E-state index contributed by atoms with van der Waals surface area (Å²) in [6.07, 6.45) is 2.69. The number of nitrogens with one attached hydrogen (secondary N) is 1. The number of allylic oxidation sites excluding steroid dienone is 3. The lowest BCUT2D eigenvalue weighted by Crippen LogP contribution is -2.22. The molecule has 1 heterocycles. The van der Waals surface area contributed by atoms with Crippen LogP contribution in [0.4, 0.5) is 5.69 Å². The maximum Gasteiger partial charge on any atom is 0.258 e. The highest BCUT2D eigenvalue weighted by atomic mass is 16.5. The molecule has 1 amide bonds. The van der Waals surface area contributed by atoms with Gasteiger partial charge in [0.25, 0.3) is 5.91 Å². The highest BCUT2D eigenvalue weighted by Crippen LogP contribution is 2.20. The van der Waals surface area contributed by atoms with Crippen LogP contribution in [0.1, 0.15) is 25.5 Å². The average molecular weight is 355 g/mol. The van der Waals surface area contributed by atoms with Crippen molar-refractivity contribution in [3.05, 3.63) is 71.8 Å². The fourth-order valence-electron chi connectivity index (χ4n) is 2.58. The van der Waals surface area contributed by atoms with Gasteiger partial charge < -0.3 is 14.8 Å². The van der Waals surface area contributed by atoms with Gasteiger partial charge in [0.05, 0.1) is 31.3 Å². The molecule has 0 saturated heterocycles. The van der Waals surface area contributed by atoms with Crippen molar-refractivity contribution in [2.24, 2.45) is 0 Å². The maximum atomic E-state index is 12.5. The van der Waals surface area contributed by atoms with E-state index in [0.29, 0.717) is 12.2 Å². The Kier molecular flexibility index (Phi) is 6.74. The smallest absolute Gasteiger partial charge is 0.258 e. The van der Waals surface area contributed by atoms with E-state index in [1.165, 1.54) is 7.11 Å². The summed E-state index contributed by atoms with van der Waals surface area (Å²) in [6, 6.07) is 9.35. The lowest BCUT2D eigenvalue weighted by Gasteiger charge is -2.14. The van der Waals surface area contributed by atoms with Crippen molar-refractivity contribution in [3.63, 3.8) is 0 Å². The molecule has 1 aromatic heterocycles. The molecule has 138 valence electrons. The predicted molar refractivity (Wildman–Crippen MR) is 102 cm³/mol. The third kappa shape index (κ3) is 4.83. The van der Waals surface area contributed by atoms with E-state index in [4.69, 9.17) is 9.47 Å². The van der Waals surface area contributed by atoms with Crippen LogP contribution in [0.15, 0.2) is 66.2 Å². The first-order chi connectivity index (χ1) is 12.5. The van der Waals surface area contributed by atoms with Crippen LogP contribution in [0.25, 0.3) is 0 Å². The lowest BCUT2D eigenvalue weighted by atomic mass is 10.1. The van der Waals surface area contributed by atoms with E-state index in [1.807, 2.05) is 44.2 Å². The number of rotatable bonds is 8. The van der Waals surface area contributed by atoms with Crippen molar-refractivity contribution >= 4 is 11.6 Å². The number of methoxy groups -OCH3 is 2. The number of carbonyl (C=O) groups excluding carboxylic acids is 1. The van der Waals surface area contributed by atoms with Gasteiger partial charge >= 0.3 is 0 Å². The molecular formula is C20H25N3O3. The number of amides is 1. The molecule has 0 spiro atoms. The monoisotopic (exact) mass is 355 g/mol. The summed E-state index contributed by atoms with van der Waals surface area (Å²) >= 11 is 0. The molecule has 6 nitrogen and oxygen atoms in total. The molecule has 0 saturated carbocycles. The minimum atomic E-state index is -0.679. The topological polar surface area (TPSA) is 65.4 Å². The summed E-state index contributed by atoms with van der Waals surface area (Å²) in [5.41, 5.74) is 3.27. The summed E-state index contributed by atoms with van der Waals surface area (Å²) in [5.74, 6) is 0.545. The number of hydrogen-bond acceptors (Lipinski definition) is 4. The van der Waals surface area contributed by atoms with E-state index in [2.05, 4.69) is 17.0 Å². The molecule has 1 atom stereocenters. The van der Waals surface area contributed by atoms with E-state index in [1.54, 1.807) is 24.2 Å². The molecule has 1 unspecified atom stereocenters. The van der Waals surface area contributed by atoms with Gasteiger partial charge in [0.15, 0.2) is 6.10 Å². The van der Waals surface area contributed by atoms with E-state index in [9.17, 15) is 4.79 Å². The molecule has 26 heavy (non-hydrogen) atoms. The summed E-state index contributed by atoms with van der Waals surface area (Å²) < 4.78 is 12.4. The summed E-state index contributed by atoms with van der Waals surface area (Å²) in [4.78, 5) is 12.5. The number of carbonyl (C=O) groups is 1. The number of hydrogen-bond donors (Lipinski definition) is 1. The molecule has 0 radical (unpaired) electrons. The standard InChI is InChI=1S/C20H25N3O3/c1-14(2)18(15(3)25-4)13-23-12-17(11-21-23)22-20(24)19(26-5)16-9-7-6-8-10-16/h6-12,19H,1,13H2,2-5H3,(H,22,24). The first-order valence-corrected chi connectivity index (χ1v) is 8.27. The summed E-state index contributed by atoms with van der Waals surface area (Å²) in [5, 5.41) is 7.14. The van der Waals surface area contributed by atoms with Gasteiger partial charge in [-0.05, 0) is 25.0 Å². The second-order valence-electron chi connectivity index (χ2n) is 5.96. The van der Waals surface area contributed by atoms with Crippen LogP contribution in [0.2, 0.25) is 0 Å². The highest BCUT2D eigenvalue weighted by Gasteiger charge is 2.20. The molecular weight excluding hydrogens is 330 g/mol. The molecule has 1 aromatic carbocycles.